The van der Waals surface area contributed by atoms with E-state index >= 15 is 0 Å². The van der Waals surface area contributed by atoms with E-state index in [0.29, 0.717) is 67.1 Å². The van der Waals surface area contributed by atoms with Crippen molar-refractivity contribution in [3.63, 3.8) is 0 Å². The Balaban J connectivity index is 1.43. The molecule has 2 N–H and O–H groups in total. The normalized spacial score (nSPS) is 16.9. The number of methoxy groups -OCH3 is 2. The summed E-state index contributed by atoms with van der Waals surface area (Å²) < 4.78 is 22.8. The summed E-state index contributed by atoms with van der Waals surface area (Å²) in [7, 11) is 3.11. The quantitative estimate of drug-likeness (QED) is 0.213. The highest BCUT2D eigenvalue weighted by molar-refractivity contribution is 6.07. The smallest absolute Gasteiger partial charge is 0.410 e. The molecule has 2 aromatic heterocycles. The maximum absolute atomic E-state index is 13.7. The van der Waals surface area contributed by atoms with Gasteiger partial charge in [0.15, 0.2) is 6.10 Å². The summed E-state index contributed by atoms with van der Waals surface area (Å²) in [6, 6.07) is 9.07. The van der Waals surface area contributed by atoms with Crippen molar-refractivity contribution in [1.29, 1.82) is 0 Å². The number of carbonyl (C=O) groups excluding carboxylic acids is 3. The molecule has 1 aromatic carbocycles. The maximum atomic E-state index is 13.7. The summed E-state index contributed by atoms with van der Waals surface area (Å²) in [5, 5.41) is 5.75. The van der Waals surface area contributed by atoms with Crippen LogP contribution in [0.15, 0.2) is 42.7 Å². The Morgan fingerprint density at radius 1 is 0.962 bits per heavy atom. The Kier molecular flexibility index (Phi) is 12.4. The lowest BCUT2D eigenvalue weighted by molar-refractivity contribution is -0.00317. The SMILES string of the molecule is COCCNC(=O)c1cc(C(=O)Nc2ncc(OC)cc2C)c(C)cc1O[C@H](CN1CCN(C(=O)OC(C)(C)C)[C@H](C)C1)c1ccc(C2CC2)cn1. The van der Waals surface area contributed by atoms with Crippen LogP contribution in [0.2, 0.25) is 0 Å². The van der Waals surface area contributed by atoms with Gasteiger partial charge in [0.1, 0.15) is 22.9 Å². The molecule has 0 bridgehead atoms. The third-order valence-electron chi connectivity index (χ3n) is 9.15. The van der Waals surface area contributed by atoms with Gasteiger partial charge in [-0.15, -0.1) is 0 Å². The molecule has 13 nitrogen and oxygen atoms in total. The lowest BCUT2D eigenvalue weighted by Gasteiger charge is -2.41. The molecule has 13 heteroatoms. The molecular formula is C39H52N6O7. The molecule has 0 unspecified atom stereocenters. The summed E-state index contributed by atoms with van der Waals surface area (Å²) >= 11 is 0. The summed E-state index contributed by atoms with van der Waals surface area (Å²) in [5.41, 5.74) is 3.19. The first-order chi connectivity index (χ1) is 24.8. The Morgan fingerprint density at radius 3 is 2.35 bits per heavy atom. The number of piperazine rings is 1. The topological polar surface area (TPSA) is 144 Å². The lowest BCUT2D eigenvalue weighted by Crippen LogP contribution is -2.55. The molecule has 3 amide bonds. The second-order valence-corrected chi connectivity index (χ2v) is 14.6. The molecule has 2 aliphatic rings. The van der Waals surface area contributed by atoms with Gasteiger partial charge < -0.3 is 34.5 Å². The predicted molar refractivity (Wildman–Crippen MR) is 197 cm³/mol. The van der Waals surface area contributed by atoms with Crippen LogP contribution >= 0.6 is 0 Å². The minimum absolute atomic E-state index is 0.0968. The van der Waals surface area contributed by atoms with Crippen LogP contribution in [0, 0.1) is 13.8 Å². The number of hydrogen-bond acceptors (Lipinski definition) is 10. The van der Waals surface area contributed by atoms with E-state index in [0.717, 1.165) is 24.1 Å². The maximum Gasteiger partial charge on any atom is 0.410 e. The van der Waals surface area contributed by atoms with E-state index in [1.165, 1.54) is 11.8 Å². The van der Waals surface area contributed by atoms with Gasteiger partial charge in [0.25, 0.3) is 11.8 Å². The van der Waals surface area contributed by atoms with Crippen LogP contribution in [0.5, 0.6) is 11.5 Å². The molecule has 2 atom stereocenters. The number of rotatable bonds is 13. The highest BCUT2D eigenvalue weighted by Crippen LogP contribution is 2.40. The number of aryl methyl sites for hydroxylation is 2. The standard InChI is InChI=1S/C39H52N6O7/c1-24-18-33(31(36(46)40-13-16-49-7)19-30(24)37(47)43-35-25(2)17-29(50-8)21-42-35)51-34(32-12-11-28(20-41-32)27-9-10-27)23-44-14-15-45(26(3)22-44)38(48)52-39(4,5)6/h11-12,17-21,26-27,34H,9-10,13-16,22-23H2,1-8H3,(H,40,46)(H,42,43,47)/t26-,34-/m1/s1. The van der Waals surface area contributed by atoms with Crippen molar-refractivity contribution in [3.05, 3.63) is 76.2 Å². The zero-order valence-corrected chi connectivity index (χ0v) is 31.6. The average Bonchev–Trinajstić information content (AvgIpc) is 3.94. The summed E-state index contributed by atoms with van der Waals surface area (Å²) in [6.07, 6.45) is 4.88. The van der Waals surface area contributed by atoms with Gasteiger partial charge in [-0.3, -0.25) is 19.5 Å². The largest absolute Gasteiger partial charge is 0.495 e. The van der Waals surface area contributed by atoms with Crippen LogP contribution in [0.4, 0.5) is 10.6 Å². The zero-order chi connectivity index (χ0) is 37.6. The van der Waals surface area contributed by atoms with Crippen LogP contribution in [-0.2, 0) is 9.47 Å². The molecule has 2 fully saturated rings. The molecule has 1 saturated heterocycles. The van der Waals surface area contributed by atoms with E-state index in [1.807, 2.05) is 46.9 Å². The first kappa shape index (κ1) is 38.5. The molecule has 52 heavy (non-hydrogen) atoms. The van der Waals surface area contributed by atoms with E-state index in [1.54, 1.807) is 44.2 Å². The van der Waals surface area contributed by atoms with Gasteiger partial charge in [-0.25, -0.2) is 9.78 Å². The van der Waals surface area contributed by atoms with Gasteiger partial charge in [-0.1, -0.05) is 6.07 Å². The van der Waals surface area contributed by atoms with Crippen LogP contribution in [0.3, 0.4) is 0 Å². The van der Waals surface area contributed by atoms with Crippen molar-refractivity contribution < 1.29 is 33.3 Å². The lowest BCUT2D eigenvalue weighted by atomic mass is 10.0. The van der Waals surface area contributed by atoms with Crippen LogP contribution < -0.4 is 20.1 Å². The predicted octanol–water partition coefficient (Wildman–Crippen LogP) is 5.67. The Morgan fingerprint density at radius 2 is 1.73 bits per heavy atom. The van der Waals surface area contributed by atoms with E-state index in [2.05, 4.69) is 26.6 Å². The fourth-order valence-corrected chi connectivity index (χ4v) is 6.16. The molecule has 3 aromatic rings. The highest BCUT2D eigenvalue weighted by atomic mass is 16.6. The number of benzene rings is 1. The molecule has 5 rings (SSSR count). The Hall–Kier alpha value is -4.75. The second-order valence-electron chi connectivity index (χ2n) is 14.6. The van der Waals surface area contributed by atoms with Crippen LogP contribution in [0.1, 0.15) is 95.7 Å². The second kappa shape index (κ2) is 16.7. The molecule has 3 heterocycles. The van der Waals surface area contributed by atoms with Gasteiger partial charge in [0.05, 0.1) is 31.2 Å². The van der Waals surface area contributed by atoms with E-state index in [9.17, 15) is 14.4 Å². The molecular weight excluding hydrogens is 664 g/mol. The minimum Gasteiger partial charge on any atom is -0.495 e. The van der Waals surface area contributed by atoms with Gasteiger partial charge in [0, 0.05) is 57.6 Å². The van der Waals surface area contributed by atoms with E-state index in [-0.39, 0.29) is 24.2 Å². The fourth-order valence-electron chi connectivity index (χ4n) is 6.16. The van der Waals surface area contributed by atoms with Gasteiger partial charge in [-0.05, 0) is 101 Å². The van der Waals surface area contributed by atoms with Crippen LogP contribution in [-0.4, -0.2) is 103 Å². The molecule has 1 aliphatic carbocycles. The Labute approximate surface area is 306 Å². The third-order valence-corrected chi connectivity index (χ3v) is 9.15. The number of pyridine rings is 2. The number of nitrogens with one attached hydrogen (secondary N) is 2. The summed E-state index contributed by atoms with van der Waals surface area (Å²) in [5.74, 6) is 1.01. The van der Waals surface area contributed by atoms with Crippen LogP contribution in [0.25, 0.3) is 0 Å². The molecule has 1 aliphatic heterocycles. The third kappa shape index (κ3) is 9.97. The van der Waals surface area contributed by atoms with Crippen molar-refractivity contribution in [2.24, 2.45) is 0 Å². The molecule has 280 valence electrons. The summed E-state index contributed by atoms with van der Waals surface area (Å²) in [4.78, 5) is 53.5. The minimum atomic E-state index is -0.585. The van der Waals surface area contributed by atoms with Gasteiger partial charge in [-0.2, -0.15) is 0 Å². The number of ether oxygens (including phenoxy) is 4. The number of amides is 3. The molecule has 0 radical (unpaired) electrons. The van der Waals surface area contributed by atoms with E-state index in [4.69, 9.17) is 23.9 Å². The number of hydrogen-bond donors (Lipinski definition) is 2. The van der Waals surface area contributed by atoms with Gasteiger partial charge in [0.2, 0.25) is 0 Å². The number of carbonyl (C=O) groups is 3. The van der Waals surface area contributed by atoms with Crippen molar-refractivity contribution in [3.8, 4) is 11.5 Å². The monoisotopic (exact) mass is 716 g/mol. The van der Waals surface area contributed by atoms with Crippen molar-refractivity contribution >= 4 is 23.7 Å². The average molecular weight is 717 g/mol. The highest BCUT2D eigenvalue weighted by Gasteiger charge is 2.33. The number of aromatic nitrogens is 2. The fraction of sp³-hybridized carbons (Fsp3) is 0.513. The first-order valence-electron chi connectivity index (χ1n) is 17.8. The van der Waals surface area contributed by atoms with Gasteiger partial charge >= 0.3 is 6.09 Å². The van der Waals surface area contributed by atoms with Crippen molar-refractivity contribution in [2.75, 3.05) is 58.9 Å². The first-order valence-corrected chi connectivity index (χ1v) is 17.8. The Bertz CT molecular complexity index is 1740. The number of nitrogens with zero attached hydrogens (tertiary/aromatic N) is 4. The summed E-state index contributed by atoms with van der Waals surface area (Å²) in [6.45, 7) is 14.0. The number of anilines is 1. The zero-order valence-electron chi connectivity index (χ0n) is 31.6. The van der Waals surface area contributed by atoms with Crippen molar-refractivity contribution in [1.82, 2.24) is 25.1 Å². The van der Waals surface area contributed by atoms with E-state index < -0.39 is 23.5 Å². The van der Waals surface area contributed by atoms with Crippen molar-refractivity contribution in [2.45, 2.75) is 78.0 Å². The molecule has 1 saturated carbocycles. The molecule has 0 spiro atoms.